The molecule has 0 aromatic heterocycles. The Labute approximate surface area is 194 Å². The molecule has 1 heterocycles. The molecule has 0 bridgehead atoms. The maximum Gasteiger partial charge on any atom is 0.303 e. The molecule has 0 aliphatic carbocycles. The number of carboxylic acid groups (broad SMARTS) is 1. The second-order valence-corrected chi connectivity index (χ2v) is 8.56. The molecule has 6 nitrogen and oxygen atoms in total. The van der Waals surface area contributed by atoms with Crippen molar-refractivity contribution in [2.75, 3.05) is 6.54 Å². The standard InChI is InChI=1S/C26H32FNO5/c27-20-9-13-22(14-10-20)33-23-7-5-6-19(18-23)24(29)15-11-21-12-16-25(30)28(21)17-4-2-1-3-8-26(31)32/h5-7,9-10,13-14,18,21,24,29H,1-4,8,11-12,15-17H2,(H,31,32). The van der Waals surface area contributed by atoms with E-state index >= 15 is 0 Å². The van der Waals surface area contributed by atoms with Crippen molar-refractivity contribution in [3.8, 4) is 11.5 Å². The van der Waals surface area contributed by atoms with E-state index in [4.69, 9.17) is 9.84 Å². The van der Waals surface area contributed by atoms with E-state index in [1.807, 2.05) is 17.0 Å². The van der Waals surface area contributed by atoms with Crippen LogP contribution in [0.25, 0.3) is 0 Å². The van der Waals surface area contributed by atoms with Crippen molar-refractivity contribution < 1.29 is 28.9 Å². The van der Waals surface area contributed by atoms with Crippen LogP contribution < -0.4 is 4.74 Å². The minimum absolute atomic E-state index is 0.129. The summed E-state index contributed by atoms with van der Waals surface area (Å²) in [6.07, 6.45) is 5.42. The van der Waals surface area contributed by atoms with Crippen LogP contribution in [0, 0.1) is 5.82 Å². The lowest BCUT2D eigenvalue weighted by Crippen LogP contribution is -2.34. The molecular weight excluding hydrogens is 425 g/mol. The molecule has 1 aliphatic rings. The Bertz CT molecular complexity index is 917. The van der Waals surface area contributed by atoms with E-state index in [-0.39, 0.29) is 24.2 Å². The number of ether oxygens (including phenoxy) is 1. The monoisotopic (exact) mass is 457 g/mol. The third-order valence-corrected chi connectivity index (χ3v) is 6.06. The molecule has 7 heteroatoms. The first-order chi connectivity index (χ1) is 15.9. The molecule has 2 aromatic carbocycles. The first-order valence-electron chi connectivity index (χ1n) is 11.6. The number of halogens is 1. The van der Waals surface area contributed by atoms with Crippen molar-refractivity contribution in [3.63, 3.8) is 0 Å². The fourth-order valence-corrected chi connectivity index (χ4v) is 4.25. The lowest BCUT2D eigenvalue weighted by atomic mass is 10.00. The number of benzene rings is 2. The topological polar surface area (TPSA) is 87.1 Å². The number of aliphatic hydroxyl groups excluding tert-OH is 1. The van der Waals surface area contributed by atoms with Gasteiger partial charge < -0.3 is 19.8 Å². The van der Waals surface area contributed by atoms with Crippen molar-refractivity contribution in [1.82, 2.24) is 4.90 Å². The van der Waals surface area contributed by atoms with Gasteiger partial charge in [0.15, 0.2) is 0 Å². The van der Waals surface area contributed by atoms with E-state index in [0.29, 0.717) is 37.3 Å². The zero-order chi connectivity index (χ0) is 23.6. The number of hydrogen-bond donors (Lipinski definition) is 2. The number of carbonyl (C=O) groups excluding carboxylic acids is 1. The number of carbonyl (C=O) groups is 2. The molecule has 1 aliphatic heterocycles. The van der Waals surface area contributed by atoms with Crippen LogP contribution in [0.1, 0.15) is 69.5 Å². The maximum atomic E-state index is 13.1. The average molecular weight is 458 g/mol. The highest BCUT2D eigenvalue weighted by atomic mass is 19.1. The lowest BCUT2D eigenvalue weighted by Gasteiger charge is -2.26. The quantitative estimate of drug-likeness (QED) is 0.390. The van der Waals surface area contributed by atoms with Gasteiger partial charge in [-0.1, -0.05) is 25.0 Å². The van der Waals surface area contributed by atoms with Crippen LogP contribution >= 0.6 is 0 Å². The number of carboxylic acids is 1. The molecular formula is C26H32FNO5. The van der Waals surface area contributed by atoms with E-state index in [1.165, 1.54) is 12.1 Å². The molecule has 1 amide bonds. The SMILES string of the molecule is O=C(O)CCCCCCN1C(=O)CCC1CCC(O)c1cccc(Oc2ccc(F)cc2)c1. The molecule has 33 heavy (non-hydrogen) atoms. The minimum Gasteiger partial charge on any atom is -0.481 e. The Hall–Kier alpha value is -2.93. The van der Waals surface area contributed by atoms with Gasteiger partial charge in [-0.2, -0.15) is 0 Å². The molecule has 0 radical (unpaired) electrons. The van der Waals surface area contributed by atoms with Crippen LogP contribution in [0.15, 0.2) is 48.5 Å². The molecule has 2 N–H and O–H groups in total. The number of aliphatic hydroxyl groups is 1. The molecule has 2 unspecified atom stereocenters. The number of unbranched alkanes of at least 4 members (excludes halogenated alkanes) is 3. The predicted molar refractivity (Wildman–Crippen MR) is 123 cm³/mol. The third kappa shape index (κ3) is 7.86. The van der Waals surface area contributed by atoms with Crippen molar-refractivity contribution in [2.45, 2.75) is 69.9 Å². The third-order valence-electron chi connectivity index (χ3n) is 6.06. The Morgan fingerprint density at radius 1 is 1.09 bits per heavy atom. The molecule has 0 spiro atoms. The van der Waals surface area contributed by atoms with Crippen LogP contribution in [-0.2, 0) is 9.59 Å². The first-order valence-corrected chi connectivity index (χ1v) is 11.6. The second-order valence-electron chi connectivity index (χ2n) is 8.56. The first kappa shape index (κ1) is 24.7. The summed E-state index contributed by atoms with van der Waals surface area (Å²) >= 11 is 0. The molecule has 1 fully saturated rings. The Morgan fingerprint density at radius 3 is 2.61 bits per heavy atom. The fraction of sp³-hybridized carbons (Fsp3) is 0.462. The van der Waals surface area contributed by atoms with Gasteiger partial charge in [-0.05, 0) is 74.1 Å². The van der Waals surface area contributed by atoms with Crippen molar-refractivity contribution in [1.29, 1.82) is 0 Å². The van der Waals surface area contributed by atoms with Gasteiger partial charge in [0.05, 0.1) is 6.10 Å². The van der Waals surface area contributed by atoms with Gasteiger partial charge in [0.1, 0.15) is 17.3 Å². The highest BCUT2D eigenvalue weighted by molar-refractivity contribution is 5.78. The number of rotatable bonds is 13. The molecule has 178 valence electrons. The summed E-state index contributed by atoms with van der Waals surface area (Å²) in [5.74, 6) is 0.152. The number of hydrogen-bond acceptors (Lipinski definition) is 4. The van der Waals surface area contributed by atoms with Gasteiger partial charge in [-0.25, -0.2) is 4.39 Å². The fourth-order valence-electron chi connectivity index (χ4n) is 4.25. The number of likely N-dealkylation sites (tertiary alicyclic amines) is 1. The Kier molecular flexibility index (Phi) is 9.24. The van der Waals surface area contributed by atoms with Crippen LogP contribution in [0.2, 0.25) is 0 Å². The van der Waals surface area contributed by atoms with E-state index < -0.39 is 12.1 Å². The summed E-state index contributed by atoms with van der Waals surface area (Å²) < 4.78 is 18.8. The largest absolute Gasteiger partial charge is 0.481 e. The number of aliphatic carboxylic acids is 1. The van der Waals surface area contributed by atoms with Crippen LogP contribution in [-0.4, -0.2) is 39.6 Å². The van der Waals surface area contributed by atoms with Crippen molar-refractivity contribution in [3.05, 3.63) is 59.9 Å². The van der Waals surface area contributed by atoms with Crippen LogP contribution in [0.4, 0.5) is 4.39 Å². The summed E-state index contributed by atoms with van der Waals surface area (Å²) in [6.45, 7) is 0.688. The van der Waals surface area contributed by atoms with Gasteiger partial charge in [0.2, 0.25) is 5.91 Å². The van der Waals surface area contributed by atoms with E-state index in [0.717, 1.165) is 37.7 Å². The van der Waals surface area contributed by atoms with E-state index in [1.54, 1.807) is 24.3 Å². The normalized spacial score (nSPS) is 16.7. The Morgan fingerprint density at radius 2 is 1.85 bits per heavy atom. The number of nitrogens with zero attached hydrogens (tertiary/aromatic N) is 1. The van der Waals surface area contributed by atoms with Crippen molar-refractivity contribution in [2.24, 2.45) is 0 Å². The number of amides is 1. The zero-order valence-electron chi connectivity index (χ0n) is 18.8. The minimum atomic E-state index is -0.768. The summed E-state index contributed by atoms with van der Waals surface area (Å²) in [5, 5.41) is 19.4. The molecule has 1 saturated heterocycles. The lowest BCUT2D eigenvalue weighted by molar-refractivity contribution is -0.137. The summed E-state index contributed by atoms with van der Waals surface area (Å²) in [6, 6.07) is 13.1. The second kappa shape index (κ2) is 12.3. The molecule has 2 aromatic rings. The molecule has 0 saturated carbocycles. The van der Waals surface area contributed by atoms with Crippen LogP contribution in [0.5, 0.6) is 11.5 Å². The highest BCUT2D eigenvalue weighted by Gasteiger charge is 2.30. The average Bonchev–Trinajstić information content (AvgIpc) is 3.15. The highest BCUT2D eigenvalue weighted by Crippen LogP contribution is 2.30. The van der Waals surface area contributed by atoms with Crippen molar-refractivity contribution >= 4 is 11.9 Å². The van der Waals surface area contributed by atoms with Crippen LogP contribution in [0.3, 0.4) is 0 Å². The summed E-state index contributed by atoms with van der Waals surface area (Å²) in [4.78, 5) is 24.8. The van der Waals surface area contributed by atoms with Gasteiger partial charge in [-0.15, -0.1) is 0 Å². The summed E-state index contributed by atoms with van der Waals surface area (Å²) in [7, 11) is 0. The smallest absolute Gasteiger partial charge is 0.303 e. The molecule has 2 atom stereocenters. The predicted octanol–water partition coefficient (Wildman–Crippen LogP) is 5.46. The van der Waals surface area contributed by atoms with Gasteiger partial charge in [-0.3, -0.25) is 9.59 Å². The molecule has 3 rings (SSSR count). The van der Waals surface area contributed by atoms with Gasteiger partial charge >= 0.3 is 5.97 Å². The zero-order valence-corrected chi connectivity index (χ0v) is 18.8. The van der Waals surface area contributed by atoms with E-state index in [2.05, 4.69) is 0 Å². The van der Waals surface area contributed by atoms with E-state index in [9.17, 15) is 19.1 Å². The Balaban J connectivity index is 1.46. The summed E-state index contributed by atoms with van der Waals surface area (Å²) in [5.41, 5.74) is 0.740. The van der Waals surface area contributed by atoms with Gasteiger partial charge in [0.25, 0.3) is 0 Å². The maximum absolute atomic E-state index is 13.1. The van der Waals surface area contributed by atoms with Gasteiger partial charge in [0, 0.05) is 25.4 Å².